The van der Waals surface area contributed by atoms with E-state index in [1.807, 2.05) is 0 Å². The summed E-state index contributed by atoms with van der Waals surface area (Å²) in [6, 6.07) is 0. The SMILES string of the molecule is CC(O)CO.CCCCCCCCCCCCCCCSCCCCCCCCCCCCCCC. The second kappa shape index (κ2) is 37.4. The maximum Gasteiger partial charge on any atom is 0.0742 e. The number of rotatable bonds is 29. The van der Waals surface area contributed by atoms with Gasteiger partial charge in [0.1, 0.15) is 0 Å². The van der Waals surface area contributed by atoms with Crippen molar-refractivity contribution in [3.05, 3.63) is 0 Å². The molecule has 0 bridgehead atoms. The van der Waals surface area contributed by atoms with E-state index in [2.05, 4.69) is 25.6 Å². The average molecular weight is 531 g/mol. The summed E-state index contributed by atoms with van der Waals surface area (Å²) >= 11 is 2.22. The van der Waals surface area contributed by atoms with Gasteiger partial charge in [0, 0.05) is 0 Å². The molecule has 220 valence electrons. The Morgan fingerprint density at radius 3 is 0.806 bits per heavy atom. The number of hydrogen-bond donors (Lipinski definition) is 2. The largest absolute Gasteiger partial charge is 0.394 e. The highest BCUT2D eigenvalue weighted by molar-refractivity contribution is 7.99. The number of aliphatic hydroxyl groups is 2. The topological polar surface area (TPSA) is 40.5 Å². The van der Waals surface area contributed by atoms with Gasteiger partial charge in [-0.3, -0.25) is 0 Å². The predicted molar refractivity (Wildman–Crippen MR) is 167 cm³/mol. The summed E-state index contributed by atoms with van der Waals surface area (Å²) in [5, 5.41) is 16.0. The van der Waals surface area contributed by atoms with Gasteiger partial charge in [-0.1, -0.05) is 168 Å². The van der Waals surface area contributed by atoms with Crippen molar-refractivity contribution in [2.45, 2.75) is 194 Å². The van der Waals surface area contributed by atoms with Crippen LogP contribution in [0, 0.1) is 0 Å². The Bertz CT molecular complexity index is 321. The molecular weight excluding hydrogens is 460 g/mol. The third-order valence-corrected chi connectivity index (χ3v) is 8.20. The van der Waals surface area contributed by atoms with Gasteiger partial charge in [0.25, 0.3) is 0 Å². The van der Waals surface area contributed by atoms with E-state index in [9.17, 15) is 0 Å². The smallest absolute Gasteiger partial charge is 0.0742 e. The van der Waals surface area contributed by atoms with Gasteiger partial charge in [-0.25, -0.2) is 0 Å². The summed E-state index contributed by atoms with van der Waals surface area (Å²) in [5.41, 5.74) is 0. The molecule has 0 spiro atoms. The number of unbranched alkanes of at least 4 members (excludes halogenated alkanes) is 24. The minimum absolute atomic E-state index is 0.139. The van der Waals surface area contributed by atoms with Crippen LogP contribution in [0.2, 0.25) is 0 Å². The molecule has 0 aliphatic carbocycles. The molecule has 36 heavy (non-hydrogen) atoms. The lowest BCUT2D eigenvalue weighted by molar-refractivity contribution is 0.110. The molecule has 0 heterocycles. The molecule has 2 nitrogen and oxygen atoms in total. The molecule has 0 aromatic rings. The highest BCUT2D eigenvalue weighted by Gasteiger charge is 1.96. The zero-order chi connectivity index (χ0) is 26.8. The second-order valence-corrected chi connectivity index (χ2v) is 12.4. The maximum absolute atomic E-state index is 8.11. The van der Waals surface area contributed by atoms with Crippen molar-refractivity contribution in [1.29, 1.82) is 0 Å². The molecule has 0 radical (unpaired) electrons. The van der Waals surface area contributed by atoms with E-state index in [1.54, 1.807) is 0 Å². The predicted octanol–water partition coefficient (Wildman–Crippen LogP) is 11.3. The van der Waals surface area contributed by atoms with Crippen LogP contribution in [0.1, 0.15) is 188 Å². The molecule has 0 fully saturated rings. The number of thioether (sulfide) groups is 1. The molecular formula is C33H70O2S. The number of aliphatic hydroxyl groups excluding tert-OH is 2. The molecule has 1 atom stereocenters. The Morgan fingerprint density at radius 1 is 0.417 bits per heavy atom. The lowest BCUT2D eigenvalue weighted by atomic mass is 10.0. The molecule has 0 aliphatic heterocycles. The van der Waals surface area contributed by atoms with Gasteiger partial charge in [0.2, 0.25) is 0 Å². The van der Waals surface area contributed by atoms with Crippen molar-refractivity contribution >= 4 is 11.8 Å². The summed E-state index contributed by atoms with van der Waals surface area (Å²) in [6.07, 6.45) is 37.6. The van der Waals surface area contributed by atoms with E-state index in [-0.39, 0.29) is 6.61 Å². The van der Waals surface area contributed by atoms with E-state index in [1.165, 1.54) is 185 Å². The third kappa shape index (κ3) is 41.4. The molecule has 1 unspecified atom stereocenters. The normalized spacial score (nSPS) is 11.9. The van der Waals surface area contributed by atoms with Gasteiger partial charge in [-0.2, -0.15) is 11.8 Å². The highest BCUT2D eigenvalue weighted by atomic mass is 32.2. The Morgan fingerprint density at radius 2 is 0.611 bits per heavy atom. The Labute approximate surface area is 233 Å². The summed E-state index contributed by atoms with van der Waals surface area (Å²) < 4.78 is 0. The monoisotopic (exact) mass is 531 g/mol. The summed E-state index contributed by atoms with van der Waals surface area (Å²) in [6.45, 7) is 6.00. The zero-order valence-electron chi connectivity index (χ0n) is 25.4. The first-order chi connectivity index (χ1) is 17.7. The summed E-state index contributed by atoms with van der Waals surface area (Å²) in [5.74, 6) is 2.83. The van der Waals surface area contributed by atoms with Crippen LogP contribution in [-0.2, 0) is 0 Å². The fourth-order valence-corrected chi connectivity index (χ4v) is 5.57. The van der Waals surface area contributed by atoms with Crippen LogP contribution in [0.25, 0.3) is 0 Å². The van der Waals surface area contributed by atoms with Crippen LogP contribution in [0.15, 0.2) is 0 Å². The molecule has 0 aromatic heterocycles. The van der Waals surface area contributed by atoms with Crippen molar-refractivity contribution < 1.29 is 10.2 Å². The molecule has 0 saturated carbocycles. The fourth-order valence-electron chi connectivity index (χ4n) is 4.55. The third-order valence-electron chi connectivity index (χ3n) is 7.05. The molecule has 0 rings (SSSR count). The molecule has 3 heteroatoms. The molecule has 0 aliphatic rings. The zero-order valence-corrected chi connectivity index (χ0v) is 26.2. The quantitative estimate of drug-likeness (QED) is 0.0944. The van der Waals surface area contributed by atoms with Crippen molar-refractivity contribution in [1.82, 2.24) is 0 Å². The van der Waals surface area contributed by atoms with E-state index in [0.717, 1.165) is 0 Å². The van der Waals surface area contributed by atoms with Crippen molar-refractivity contribution in [2.24, 2.45) is 0 Å². The van der Waals surface area contributed by atoms with Crippen LogP contribution in [0.3, 0.4) is 0 Å². The molecule has 0 saturated heterocycles. The van der Waals surface area contributed by atoms with Gasteiger partial charge in [0.15, 0.2) is 0 Å². The van der Waals surface area contributed by atoms with Crippen molar-refractivity contribution in [3.63, 3.8) is 0 Å². The fraction of sp³-hybridized carbons (Fsp3) is 1.00. The molecule has 0 amide bonds. The Kier molecular flexibility index (Phi) is 39.9. The van der Waals surface area contributed by atoms with Crippen LogP contribution >= 0.6 is 11.8 Å². The van der Waals surface area contributed by atoms with Crippen LogP contribution in [0.4, 0.5) is 0 Å². The average Bonchev–Trinajstić information content (AvgIpc) is 2.88. The Balaban J connectivity index is 0. The first-order valence-corrected chi connectivity index (χ1v) is 17.7. The maximum atomic E-state index is 8.11. The van der Waals surface area contributed by atoms with E-state index < -0.39 is 6.10 Å². The second-order valence-electron chi connectivity index (χ2n) is 11.1. The summed E-state index contributed by atoms with van der Waals surface area (Å²) in [7, 11) is 0. The van der Waals surface area contributed by atoms with Crippen molar-refractivity contribution in [3.8, 4) is 0 Å². The Hall–Kier alpha value is 0.270. The van der Waals surface area contributed by atoms with Crippen LogP contribution in [0.5, 0.6) is 0 Å². The standard InChI is InChI=1S/C30H62S.C3H8O2/c1-3-5-7-9-11-13-15-17-19-21-23-25-27-29-31-30-28-26-24-22-20-18-16-14-12-10-8-6-4-2;1-3(5)2-4/h3-30H2,1-2H3;3-5H,2H2,1H3. The van der Waals surface area contributed by atoms with Crippen molar-refractivity contribution in [2.75, 3.05) is 18.1 Å². The molecule has 2 N–H and O–H groups in total. The van der Waals surface area contributed by atoms with Crippen LogP contribution < -0.4 is 0 Å². The van der Waals surface area contributed by atoms with E-state index in [4.69, 9.17) is 10.2 Å². The first kappa shape index (κ1) is 38.4. The van der Waals surface area contributed by atoms with Gasteiger partial charge >= 0.3 is 0 Å². The minimum Gasteiger partial charge on any atom is -0.394 e. The highest BCUT2D eigenvalue weighted by Crippen LogP contribution is 2.16. The summed E-state index contributed by atoms with van der Waals surface area (Å²) in [4.78, 5) is 0. The van der Waals surface area contributed by atoms with E-state index >= 15 is 0 Å². The molecule has 0 aromatic carbocycles. The first-order valence-electron chi connectivity index (χ1n) is 16.6. The van der Waals surface area contributed by atoms with Gasteiger partial charge in [-0.15, -0.1) is 0 Å². The van der Waals surface area contributed by atoms with Gasteiger partial charge in [0.05, 0.1) is 12.7 Å². The van der Waals surface area contributed by atoms with Crippen LogP contribution in [-0.4, -0.2) is 34.4 Å². The lowest BCUT2D eigenvalue weighted by Gasteiger charge is -2.04. The van der Waals surface area contributed by atoms with E-state index in [0.29, 0.717) is 0 Å². The van der Waals surface area contributed by atoms with Gasteiger partial charge in [-0.05, 0) is 31.3 Å². The minimum atomic E-state index is -0.560. The number of hydrogen-bond acceptors (Lipinski definition) is 3. The lowest BCUT2D eigenvalue weighted by Crippen LogP contribution is -2.03. The van der Waals surface area contributed by atoms with Gasteiger partial charge < -0.3 is 10.2 Å².